The standard InChI is InChI=1S/C29H26F3N5O2/c1-18-15-37(10-11-38-18)16-19-12-24(29(30,31)32)26-25(13-19)34-28(39-26)21-7-5-6-20(14-21)22-8-3-4-9-23(22)27-35-33-17-36(27)2/h3-9,12-14,17-18H,10-11,15-16H2,1-2H3. The number of aromatic nitrogens is 4. The summed E-state index contributed by atoms with van der Waals surface area (Å²) >= 11 is 0. The SMILES string of the molecule is CC1CN(Cc2cc(C(F)(F)F)c3oc(-c4cccc(-c5ccccc5-c5nncn5C)c4)nc3c2)CCO1. The minimum Gasteiger partial charge on any atom is -0.435 e. The predicted octanol–water partition coefficient (Wildman–Crippen LogP) is 6.20. The molecule has 0 radical (unpaired) electrons. The van der Waals surface area contributed by atoms with Gasteiger partial charge in [0.1, 0.15) is 17.4 Å². The van der Waals surface area contributed by atoms with Crippen LogP contribution in [0.5, 0.6) is 0 Å². The molecule has 1 atom stereocenters. The number of rotatable bonds is 5. The van der Waals surface area contributed by atoms with Gasteiger partial charge in [-0.2, -0.15) is 13.2 Å². The summed E-state index contributed by atoms with van der Waals surface area (Å²) in [5.41, 5.74) is 2.86. The molecule has 1 fully saturated rings. The van der Waals surface area contributed by atoms with Gasteiger partial charge in [0.05, 0.1) is 12.7 Å². The number of morpholine rings is 1. The molecule has 0 spiro atoms. The third-order valence-electron chi connectivity index (χ3n) is 6.89. The zero-order valence-electron chi connectivity index (χ0n) is 21.4. The smallest absolute Gasteiger partial charge is 0.420 e. The van der Waals surface area contributed by atoms with E-state index in [1.807, 2.05) is 61.0 Å². The topological polar surface area (TPSA) is 69.2 Å². The highest BCUT2D eigenvalue weighted by Gasteiger charge is 2.36. The van der Waals surface area contributed by atoms with E-state index in [1.54, 1.807) is 18.5 Å². The number of halogens is 3. The van der Waals surface area contributed by atoms with E-state index in [9.17, 15) is 13.2 Å². The monoisotopic (exact) mass is 533 g/mol. The largest absolute Gasteiger partial charge is 0.435 e. The van der Waals surface area contributed by atoms with Gasteiger partial charge in [-0.05, 0) is 47.9 Å². The van der Waals surface area contributed by atoms with Crippen LogP contribution in [0.3, 0.4) is 0 Å². The van der Waals surface area contributed by atoms with Crippen molar-refractivity contribution in [2.75, 3.05) is 19.7 Å². The molecule has 1 unspecified atom stereocenters. The molecular formula is C29H26F3N5O2. The Hall–Kier alpha value is -4.02. The Labute approximate surface area is 222 Å². The average Bonchev–Trinajstić information content (AvgIpc) is 3.54. The van der Waals surface area contributed by atoms with Crippen LogP contribution in [0.15, 0.2) is 71.4 Å². The van der Waals surface area contributed by atoms with Gasteiger partial charge in [-0.1, -0.05) is 36.4 Å². The second kappa shape index (κ2) is 9.94. The quantitative estimate of drug-likeness (QED) is 0.268. The van der Waals surface area contributed by atoms with Gasteiger partial charge in [-0.25, -0.2) is 4.98 Å². The molecule has 39 heavy (non-hydrogen) atoms. The molecule has 1 aliphatic heterocycles. The summed E-state index contributed by atoms with van der Waals surface area (Å²) in [4.78, 5) is 6.60. The molecule has 5 aromatic rings. The van der Waals surface area contributed by atoms with E-state index in [1.165, 1.54) is 6.07 Å². The molecule has 7 nitrogen and oxygen atoms in total. The number of hydrogen-bond donors (Lipinski definition) is 0. The summed E-state index contributed by atoms with van der Waals surface area (Å²) in [6, 6.07) is 18.0. The van der Waals surface area contributed by atoms with Gasteiger partial charge in [0, 0.05) is 37.8 Å². The van der Waals surface area contributed by atoms with Crippen molar-refractivity contribution in [3.05, 3.63) is 78.1 Å². The molecule has 6 rings (SSSR count). The summed E-state index contributed by atoms with van der Waals surface area (Å²) in [6.07, 6.45) is -2.91. The van der Waals surface area contributed by atoms with Crippen molar-refractivity contribution in [1.82, 2.24) is 24.6 Å². The van der Waals surface area contributed by atoms with E-state index in [2.05, 4.69) is 20.1 Å². The molecule has 0 aliphatic carbocycles. The molecule has 0 amide bonds. The van der Waals surface area contributed by atoms with E-state index >= 15 is 0 Å². The van der Waals surface area contributed by atoms with E-state index in [0.717, 1.165) is 16.7 Å². The fraction of sp³-hybridized carbons (Fsp3) is 0.276. The Kier molecular flexibility index (Phi) is 6.44. The number of alkyl halides is 3. The van der Waals surface area contributed by atoms with Crippen molar-refractivity contribution in [1.29, 1.82) is 0 Å². The Morgan fingerprint density at radius 3 is 2.54 bits per heavy atom. The van der Waals surface area contributed by atoms with Crippen LogP contribution in [0.25, 0.3) is 45.1 Å². The number of fused-ring (bicyclic) bond motifs is 1. The molecule has 10 heteroatoms. The molecule has 3 heterocycles. The Bertz CT molecular complexity index is 1640. The highest BCUT2D eigenvalue weighted by atomic mass is 19.4. The second-order valence-electron chi connectivity index (χ2n) is 9.82. The minimum atomic E-state index is -4.58. The number of benzene rings is 3. The average molecular weight is 534 g/mol. The van der Waals surface area contributed by atoms with Gasteiger partial charge in [0.25, 0.3) is 0 Å². The van der Waals surface area contributed by atoms with Gasteiger partial charge >= 0.3 is 6.18 Å². The van der Waals surface area contributed by atoms with E-state index in [-0.39, 0.29) is 23.1 Å². The lowest BCUT2D eigenvalue weighted by atomic mass is 9.97. The lowest BCUT2D eigenvalue weighted by molar-refractivity contribution is -0.136. The van der Waals surface area contributed by atoms with Crippen LogP contribution in [-0.4, -0.2) is 50.4 Å². The number of oxazole rings is 1. The molecule has 200 valence electrons. The van der Waals surface area contributed by atoms with Crippen molar-refractivity contribution in [2.24, 2.45) is 7.05 Å². The van der Waals surface area contributed by atoms with Crippen molar-refractivity contribution < 1.29 is 22.3 Å². The summed E-state index contributed by atoms with van der Waals surface area (Å²) in [5.74, 6) is 0.834. The van der Waals surface area contributed by atoms with E-state index in [4.69, 9.17) is 9.15 Å². The van der Waals surface area contributed by atoms with Gasteiger partial charge in [-0.15, -0.1) is 10.2 Å². The Morgan fingerprint density at radius 1 is 1.00 bits per heavy atom. The van der Waals surface area contributed by atoms with Crippen LogP contribution < -0.4 is 0 Å². The summed E-state index contributed by atoms with van der Waals surface area (Å²) in [7, 11) is 1.87. The van der Waals surface area contributed by atoms with Crippen molar-refractivity contribution >= 4 is 11.1 Å². The number of nitrogens with zero attached hydrogens (tertiary/aromatic N) is 5. The van der Waals surface area contributed by atoms with Gasteiger partial charge in [0.2, 0.25) is 5.89 Å². The van der Waals surface area contributed by atoms with Gasteiger partial charge in [-0.3, -0.25) is 4.90 Å². The molecule has 0 bridgehead atoms. The first-order chi connectivity index (χ1) is 18.8. The Morgan fingerprint density at radius 2 is 1.79 bits per heavy atom. The summed E-state index contributed by atoms with van der Waals surface area (Å²) in [6.45, 7) is 4.21. The van der Waals surface area contributed by atoms with Crippen molar-refractivity contribution in [3.63, 3.8) is 0 Å². The maximum atomic E-state index is 14.1. The maximum Gasteiger partial charge on any atom is 0.420 e. The van der Waals surface area contributed by atoms with E-state index in [0.29, 0.717) is 43.2 Å². The third-order valence-corrected chi connectivity index (χ3v) is 6.89. The minimum absolute atomic E-state index is 0.0364. The zero-order valence-corrected chi connectivity index (χ0v) is 21.4. The van der Waals surface area contributed by atoms with Crippen molar-refractivity contribution in [2.45, 2.75) is 25.7 Å². The molecule has 0 saturated carbocycles. The highest BCUT2D eigenvalue weighted by Crippen LogP contribution is 2.39. The number of ether oxygens (including phenoxy) is 1. The lowest BCUT2D eigenvalue weighted by Gasteiger charge is -2.31. The van der Waals surface area contributed by atoms with Crippen LogP contribution in [-0.2, 0) is 24.5 Å². The maximum absolute atomic E-state index is 14.1. The van der Waals surface area contributed by atoms with Crippen LogP contribution in [0, 0.1) is 0 Å². The molecule has 1 saturated heterocycles. The van der Waals surface area contributed by atoms with Gasteiger partial charge < -0.3 is 13.7 Å². The normalized spacial score (nSPS) is 16.7. The molecule has 2 aromatic heterocycles. The first-order valence-corrected chi connectivity index (χ1v) is 12.6. The summed E-state index contributed by atoms with van der Waals surface area (Å²) < 4.78 is 55.5. The first kappa shape index (κ1) is 25.3. The molecular weight excluding hydrogens is 507 g/mol. The number of hydrogen-bond acceptors (Lipinski definition) is 6. The predicted molar refractivity (Wildman–Crippen MR) is 141 cm³/mol. The fourth-order valence-corrected chi connectivity index (χ4v) is 5.09. The number of aryl methyl sites for hydroxylation is 1. The molecule has 3 aromatic carbocycles. The third kappa shape index (κ3) is 5.05. The first-order valence-electron chi connectivity index (χ1n) is 12.6. The summed E-state index contributed by atoms with van der Waals surface area (Å²) in [5, 5.41) is 8.22. The lowest BCUT2D eigenvalue weighted by Crippen LogP contribution is -2.40. The van der Waals surface area contributed by atoms with Crippen LogP contribution in [0.1, 0.15) is 18.1 Å². The fourth-order valence-electron chi connectivity index (χ4n) is 5.09. The highest BCUT2D eigenvalue weighted by molar-refractivity contribution is 5.84. The molecule has 1 aliphatic rings. The van der Waals surface area contributed by atoms with Crippen LogP contribution in [0.2, 0.25) is 0 Å². The van der Waals surface area contributed by atoms with E-state index < -0.39 is 11.7 Å². The van der Waals surface area contributed by atoms with Crippen LogP contribution in [0.4, 0.5) is 13.2 Å². The van der Waals surface area contributed by atoms with Crippen molar-refractivity contribution in [3.8, 4) is 34.0 Å². The van der Waals surface area contributed by atoms with Gasteiger partial charge in [0.15, 0.2) is 11.4 Å². The second-order valence-corrected chi connectivity index (χ2v) is 9.82. The Balaban J connectivity index is 1.40. The zero-order chi connectivity index (χ0) is 27.1. The molecule has 0 N–H and O–H groups in total. The van der Waals surface area contributed by atoms with Crippen LogP contribution >= 0.6 is 0 Å².